The third kappa shape index (κ3) is 1.59. The summed E-state index contributed by atoms with van der Waals surface area (Å²) >= 11 is 5.72. The molecular weight excluding hydrogens is 253 g/mol. The average Bonchev–Trinajstić information content (AvgIpc) is 2.88. The molecule has 1 heterocycles. The van der Waals surface area contributed by atoms with Crippen LogP contribution in [0.3, 0.4) is 0 Å². The third-order valence-electron chi connectivity index (χ3n) is 3.15. The molecule has 1 aromatic heterocycles. The second-order valence-corrected chi connectivity index (χ2v) is 4.68. The summed E-state index contributed by atoms with van der Waals surface area (Å²) in [4.78, 5) is 0. The maximum Gasteiger partial charge on any atom is 0.150 e. The second kappa shape index (κ2) is 4.11. The van der Waals surface area contributed by atoms with Crippen molar-refractivity contribution in [1.82, 2.24) is 9.78 Å². The quantitative estimate of drug-likeness (QED) is 0.792. The van der Waals surface area contributed by atoms with Gasteiger partial charge >= 0.3 is 0 Å². The number of benzene rings is 1. The van der Waals surface area contributed by atoms with Crippen LogP contribution in [0.4, 0.5) is 4.39 Å². The SMILES string of the molecule is N#Cc1c2c(nn1-c1ccc(Cl)cc1F)CCC2. The molecule has 1 aliphatic carbocycles. The van der Waals surface area contributed by atoms with E-state index >= 15 is 0 Å². The molecule has 1 aromatic carbocycles. The summed E-state index contributed by atoms with van der Waals surface area (Å²) in [5, 5.41) is 13.9. The summed E-state index contributed by atoms with van der Waals surface area (Å²) in [6.45, 7) is 0. The Morgan fingerprint density at radius 2 is 2.22 bits per heavy atom. The molecule has 0 spiro atoms. The van der Waals surface area contributed by atoms with E-state index in [4.69, 9.17) is 11.6 Å². The Morgan fingerprint density at radius 3 is 2.94 bits per heavy atom. The van der Waals surface area contributed by atoms with E-state index in [0.717, 1.165) is 30.5 Å². The molecule has 0 unspecified atom stereocenters. The van der Waals surface area contributed by atoms with Crippen LogP contribution in [0.15, 0.2) is 18.2 Å². The predicted molar refractivity (Wildman–Crippen MR) is 65.3 cm³/mol. The van der Waals surface area contributed by atoms with Gasteiger partial charge < -0.3 is 0 Å². The standard InChI is InChI=1S/C13H9ClFN3/c14-8-4-5-12(10(15)6-8)18-13(7-16)9-2-1-3-11(9)17-18/h4-6H,1-3H2. The van der Waals surface area contributed by atoms with Gasteiger partial charge in [-0.25, -0.2) is 9.07 Å². The van der Waals surface area contributed by atoms with Crippen LogP contribution in [0.2, 0.25) is 5.02 Å². The summed E-state index contributed by atoms with van der Waals surface area (Å²) in [5.41, 5.74) is 2.56. The number of fused-ring (bicyclic) bond motifs is 1. The van der Waals surface area contributed by atoms with E-state index in [1.54, 1.807) is 12.1 Å². The molecule has 0 radical (unpaired) electrons. The van der Waals surface area contributed by atoms with Crippen molar-refractivity contribution in [2.24, 2.45) is 0 Å². The van der Waals surface area contributed by atoms with Crippen molar-refractivity contribution in [3.8, 4) is 11.8 Å². The Morgan fingerprint density at radius 1 is 1.39 bits per heavy atom. The van der Waals surface area contributed by atoms with E-state index in [9.17, 15) is 9.65 Å². The molecule has 0 aliphatic heterocycles. The number of nitrogens with zero attached hydrogens (tertiary/aromatic N) is 3. The van der Waals surface area contributed by atoms with E-state index < -0.39 is 5.82 Å². The van der Waals surface area contributed by atoms with E-state index in [2.05, 4.69) is 11.2 Å². The summed E-state index contributed by atoms with van der Waals surface area (Å²) in [6, 6.07) is 6.48. The lowest BCUT2D eigenvalue weighted by molar-refractivity contribution is 0.608. The van der Waals surface area contributed by atoms with Gasteiger partial charge in [0.15, 0.2) is 0 Å². The summed E-state index contributed by atoms with van der Waals surface area (Å²) in [7, 11) is 0. The Hall–Kier alpha value is -1.86. The lowest BCUT2D eigenvalue weighted by Crippen LogP contribution is -2.04. The normalized spacial score (nSPS) is 13.4. The van der Waals surface area contributed by atoms with E-state index in [0.29, 0.717) is 10.7 Å². The van der Waals surface area contributed by atoms with Crippen molar-refractivity contribution in [3.05, 3.63) is 46.0 Å². The van der Waals surface area contributed by atoms with Gasteiger partial charge in [0.25, 0.3) is 0 Å². The second-order valence-electron chi connectivity index (χ2n) is 4.25. The highest BCUT2D eigenvalue weighted by atomic mass is 35.5. The van der Waals surface area contributed by atoms with Gasteiger partial charge in [-0.15, -0.1) is 0 Å². The number of hydrogen-bond acceptors (Lipinski definition) is 2. The first-order valence-corrected chi connectivity index (χ1v) is 6.05. The monoisotopic (exact) mass is 261 g/mol. The number of halogens is 2. The Bertz CT molecular complexity index is 670. The van der Waals surface area contributed by atoms with Crippen molar-refractivity contribution < 1.29 is 4.39 Å². The minimum atomic E-state index is -0.472. The van der Waals surface area contributed by atoms with Crippen LogP contribution in [0.25, 0.3) is 5.69 Å². The van der Waals surface area contributed by atoms with Crippen molar-refractivity contribution in [3.63, 3.8) is 0 Å². The summed E-state index contributed by atoms with van der Waals surface area (Å²) in [6.07, 6.45) is 2.70. The number of aromatic nitrogens is 2. The van der Waals surface area contributed by atoms with Crippen molar-refractivity contribution >= 4 is 11.6 Å². The van der Waals surface area contributed by atoms with E-state index in [1.165, 1.54) is 10.7 Å². The first-order valence-electron chi connectivity index (χ1n) is 5.67. The molecule has 3 nitrogen and oxygen atoms in total. The Labute approximate surface area is 108 Å². The van der Waals surface area contributed by atoms with E-state index in [-0.39, 0.29) is 5.69 Å². The first kappa shape index (κ1) is 11.2. The molecular formula is C13H9ClFN3. The van der Waals surface area contributed by atoms with Crippen molar-refractivity contribution in [2.75, 3.05) is 0 Å². The molecule has 18 heavy (non-hydrogen) atoms. The molecule has 0 saturated carbocycles. The van der Waals surface area contributed by atoms with Gasteiger partial charge in [-0.2, -0.15) is 10.4 Å². The highest BCUT2D eigenvalue weighted by Gasteiger charge is 2.23. The van der Waals surface area contributed by atoms with Crippen molar-refractivity contribution in [1.29, 1.82) is 5.26 Å². The van der Waals surface area contributed by atoms with Gasteiger partial charge in [0.05, 0.1) is 5.69 Å². The van der Waals surface area contributed by atoms with Gasteiger partial charge in [-0.3, -0.25) is 0 Å². The van der Waals surface area contributed by atoms with Gasteiger partial charge in [-0.05, 0) is 37.5 Å². The topological polar surface area (TPSA) is 41.6 Å². The molecule has 0 fully saturated rings. The molecule has 0 saturated heterocycles. The summed E-state index contributed by atoms with van der Waals surface area (Å²) in [5.74, 6) is -0.472. The largest absolute Gasteiger partial charge is 0.220 e. The molecule has 0 N–H and O–H groups in total. The molecule has 0 amide bonds. The minimum Gasteiger partial charge on any atom is -0.220 e. The highest BCUT2D eigenvalue weighted by molar-refractivity contribution is 6.30. The minimum absolute atomic E-state index is 0.269. The fraction of sp³-hybridized carbons (Fsp3) is 0.231. The van der Waals surface area contributed by atoms with Crippen LogP contribution >= 0.6 is 11.6 Å². The molecule has 5 heteroatoms. The summed E-state index contributed by atoms with van der Waals surface area (Å²) < 4.78 is 15.2. The zero-order valence-electron chi connectivity index (χ0n) is 9.45. The lowest BCUT2D eigenvalue weighted by atomic mass is 10.2. The molecule has 90 valence electrons. The number of hydrogen-bond donors (Lipinski definition) is 0. The van der Waals surface area contributed by atoms with Gasteiger partial charge in [0, 0.05) is 10.6 Å². The predicted octanol–water partition coefficient (Wildman–Crippen LogP) is 3.03. The van der Waals surface area contributed by atoms with Crippen LogP contribution < -0.4 is 0 Å². The number of aryl methyl sites for hydroxylation is 1. The average molecular weight is 262 g/mol. The Balaban J connectivity index is 2.21. The third-order valence-corrected chi connectivity index (χ3v) is 3.39. The fourth-order valence-corrected chi connectivity index (χ4v) is 2.49. The maximum atomic E-state index is 13.9. The zero-order valence-corrected chi connectivity index (χ0v) is 10.2. The van der Waals surface area contributed by atoms with Crippen LogP contribution in [0.5, 0.6) is 0 Å². The smallest absolute Gasteiger partial charge is 0.150 e. The van der Waals surface area contributed by atoms with Crippen LogP contribution in [0, 0.1) is 17.1 Å². The van der Waals surface area contributed by atoms with Crippen molar-refractivity contribution in [2.45, 2.75) is 19.3 Å². The molecule has 1 aliphatic rings. The highest BCUT2D eigenvalue weighted by Crippen LogP contribution is 2.27. The number of rotatable bonds is 1. The first-order chi connectivity index (χ1) is 8.70. The van der Waals surface area contributed by atoms with Crippen LogP contribution in [-0.2, 0) is 12.8 Å². The van der Waals surface area contributed by atoms with Gasteiger partial charge in [-0.1, -0.05) is 11.6 Å². The molecule has 0 bridgehead atoms. The number of nitriles is 1. The lowest BCUT2D eigenvalue weighted by Gasteiger charge is -2.05. The molecule has 3 rings (SSSR count). The van der Waals surface area contributed by atoms with Gasteiger partial charge in [0.2, 0.25) is 0 Å². The maximum absolute atomic E-state index is 13.9. The van der Waals surface area contributed by atoms with E-state index in [1.807, 2.05) is 0 Å². The fourth-order valence-electron chi connectivity index (χ4n) is 2.33. The zero-order chi connectivity index (χ0) is 12.7. The molecule has 2 aromatic rings. The Kier molecular flexibility index (Phi) is 2.57. The van der Waals surface area contributed by atoms with Gasteiger partial charge in [0.1, 0.15) is 23.3 Å². The van der Waals surface area contributed by atoms with Crippen LogP contribution in [0.1, 0.15) is 23.4 Å². The molecule has 0 atom stereocenters. The van der Waals surface area contributed by atoms with Crippen LogP contribution in [-0.4, -0.2) is 9.78 Å².